The molecule has 0 aliphatic carbocycles. The Bertz CT molecular complexity index is 618. The van der Waals surface area contributed by atoms with Gasteiger partial charge in [0.1, 0.15) is 0 Å². The maximum atomic E-state index is 11.8. The van der Waals surface area contributed by atoms with Crippen molar-refractivity contribution in [3.63, 3.8) is 0 Å². The third-order valence-electron chi connectivity index (χ3n) is 3.19. The van der Waals surface area contributed by atoms with Crippen molar-refractivity contribution in [3.05, 3.63) is 63.1 Å². The van der Waals surface area contributed by atoms with Crippen LogP contribution in [0.5, 0.6) is 0 Å². The second kappa shape index (κ2) is 4.69. The summed E-state index contributed by atoms with van der Waals surface area (Å²) in [4.78, 5) is 11.8. The summed E-state index contributed by atoms with van der Waals surface area (Å²) in [6.45, 7) is 6.84. The highest BCUT2D eigenvalue weighted by Gasteiger charge is 2.05. The van der Waals surface area contributed by atoms with Gasteiger partial charge in [0.25, 0.3) is 5.56 Å². The minimum absolute atomic E-state index is 0.0608. The standard InChI is InChI=1S/C15H18N2O/c1-10-6-11(2)14(12(3)7-10)9-17-5-4-13(16)8-15(17)18/h4-8H,9,16H2,1-3H3. The molecule has 0 amide bonds. The van der Waals surface area contributed by atoms with Crippen molar-refractivity contribution < 1.29 is 0 Å². The van der Waals surface area contributed by atoms with Crippen molar-refractivity contribution in [2.45, 2.75) is 27.3 Å². The van der Waals surface area contributed by atoms with Crippen LogP contribution in [0.3, 0.4) is 0 Å². The molecule has 1 aromatic heterocycles. The molecule has 2 N–H and O–H groups in total. The maximum absolute atomic E-state index is 11.8. The molecule has 0 saturated heterocycles. The number of anilines is 1. The van der Waals surface area contributed by atoms with Crippen molar-refractivity contribution in [1.29, 1.82) is 0 Å². The number of aromatic nitrogens is 1. The van der Waals surface area contributed by atoms with Crippen LogP contribution in [0.25, 0.3) is 0 Å². The van der Waals surface area contributed by atoms with Gasteiger partial charge in [-0.25, -0.2) is 0 Å². The van der Waals surface area contributed by atoms with Crippen molar-refractivity contribution in [3.8, 4) is 0 Å². The fourth-order valence-electron chi connectivity index (χ4n) is 2.28. The van der Waals surface area contributed by atoms with Crippen LogP contribution in [0, 0.1) is 20.8 Å². The summed E-state index contributed by atoms with van der Waals surface area (Å²) >= 11 is 0. The summed E-state index contributed by atoms with van der Waals surface area (Å²) in [5, 5.41) is 0. The lowest BCUT2D eigenvalue weighted by molar-refractivity contribution is 0.751. The Balaban J connectivity index is 2.43. The van der Waals surface area contributed by atoms with Gasteiger partial charge in [-0.15, -0.1) is 0 Å². The Morgan fingerprint density at radius 2 is 1.72 bits per heavy atom. The molecule has 0 atom stereocenters. The molecular formula is C15H18N2O. The van der Waals surface area contributed by atoms with E-state index in [1.807, 2.05) is 0 Å². The van der Waals surface area contributed by atoms with E-state index in [-0.39, 0.29) is 5.56 Å². The number of nitrogen functional groups attached to an aromatic ring is 1. The lowest BCUT2D eigenvalue weighted by Gasteiger charge is -2.13. The van der Waals surface area contributed by atoms with Crippen LogP contribution < -0.4 is 11.3 Å². The summed E-state index contributed by atoms with van der Waals surface area (Å²) in [5.74, 6) is 0. The van der Waals surface area contributed by atoms with Gasteiger partial charge in [-0.05, 0) is 43.5 Å². The van der Waals surface area contributed by atoms with Gasteiger partial charge in [0, 0.05) is 18.0 Å². The van der Waals surface area contributed by atoms with E-state index in [0.717, 1.165) is 0 Å². The topological polar surface area (TPSA) is 48.0 Å². The zero-order valence-corrected chi connectivity index (χ0v) is 11.0. The van der Waals surface area contributed by atoms with Crippen LogP contribution in [-0.4, -0.2) is 4.57 Å². The van der Waals surface area contributed by atoms with Gasteiger partial charge >= 0.3 is 0 Å². The number of hydrogen-bond donors (Lipinski definition) is 1. The predicted octanol–water partition coefficient (Wildman–Crippen LogP) is 2.40. The third-order valence-corrected chi connectivity index (χ3v) is 3.19. The zero-order chi connectivity index (χ0) is 13.3. The number of aryl methyl sites for hydroxylation is 3. The van der Waals surface area contributed by atoms with Gasteiger partial charge in [0.2, 0.25) is 0 Å². The first kappa shape index (κ1) is 12.4. The lowest BCUT2D eigenvalue weighted by Crippen LogP contribution is -2.20. The van der Waals surface area contributed by atoms with Crippen LogP contribution in [0.2, 0.25) is 0 Å². The fourth-order valence-corrected chi connectivity index (χ4v) is 2.28. The van der Waals surface area contributed by atoms with Gasteiger partial charge in [-0.2, -0.15) is 0 Å². The van der Waals surface area contributed by atoms with Gasteiger partial charge in [0.15, 0.2) is 0 Å². The Morgan fingerprint density at radius 3 is 2.28 bits per heavy atom. The van der Waals surface area contributed by atoms with E-state index >= 15 is 0 Å². The molecule has 0 radical (unpaired) electrons. The van der Waals surface area contributed by atoms with Crippen molar-refractivity contribution >= 4 is 5.69 Å². The van der Waals surface area contributed by atoms with Crippen molar-refractivity contribution in [1.82, 2.24) is 4.57 Å². The average molecular weight is 242 g/mol. The molecular weight excluding hydrogens is 224 g/mol. The molecule has 1 heterocycles. The molecule has 2 aromatic rings. The Morgan fingerprint density at radius 1 is 1.11 bits per heavy atom. The van der Waals surface area contributed by atoms with Crippen LogP contribution in [0.15, 0.2) is 35.3 Å². The molecule has 94 valence electrons. The minimum atomic E-state index is -0.0608. The summed E-state index contributed by atoms with van der Waals surface area (Å²) in [5.41, 5.74) is 10.9. The monoisotopic (exact) mass is 242 g/mol. The average Bonchev–Trinajstić information content (AvgIpc) is 2.25. The predicted molar refractivity (Wildman–Crippen MR) is 74.9 cm³/mol. The molecule has 0 aliphatic rings. The van der Waals surface area contributed by atoms with E-state index in [1.165, 1.54) is 28.3 Å². The smallest absolute Gasteiger partial charge is 0.252 e. The molecule has 0 fully saturated rings. The van der Waals surface area contributed by atoms with Gasteiger partial charge in [-0.3, -0.25) is 4.79 Å². The van der Waals surface area contributed by atoms with Crippen LogP contribution in [0.4, 0.5) is 5.69 Å². The molecule has 0 saturated carbocycles. The number of nitrogens with zero attached hydrogens (tertiary/aromatic N) is 1. The Labute approximate surface area is 107 Å². The molecule has 0 spiro atoms. The fraction of sp³-hybridized carbons (Fsp3) is 0.267. The van der Waals surface area contributed by atoms with E-state index in [9.17, 15) is 4.79 Å². The van der Waals surface area contributed by atoms with Crippen molar-refractivity contribution in [2.75, 3.05) is 5.73 Å². The largest absolute Gasteiger partial charge is 0.399 e. The quantitative estimate of drug-likeness (QED) is 0.879. The maximum Gasteiger partial charge on any atom is 0.252 e. The number of rotatable bonds is 2. The SMILES string of the molecule is Cc1cc(C)c(Cn2ccc(N)cc2=O)c(C)c1. The summed E-state index contributed by atoms with van der Waals surface area (Å²) in [7, 11) is 0. The van der Waals surface area contributed by atoms with Gasteiger partial charge < -0.3 is 10.3 Å². The number of pyridine rings is 1. The zero-order valence-electron chi connectivity index (χ0n) is 11.0. The normalized spacial score (nSPS) is 10.6. The van der Waals surface area contributed by atoms with Gasteiger partial charge in [0.05, 0.1) is 6.54 Å². The molecule has 3 nitrogen and oxygen atoms in total. The lowest BCUT2D eigenvalue weighted by atomic mass is 10.00. The van der Waals surface area contributed by atoms with Crippen molar-refractivity contribution in [2.24, 2.45) is 0 Å². The van der Waals surface area contributed by atoms with E-state index in [2.05, 4.69) is 32.9 Å². The number of hydrogen-bond acceptors (Lipinski definition) is 2. The number of benzene rings is 1. The molecule has 0 unspecified atom stereocenters. The highest BCUT2D eigenvalue weighted by molar-refractivity contribution is 5.38. The van der Waals surface area contributed by atoms with Crippen LogP contribution >= 0.6 is 0 Å². The van der Waals surface area contributed by atoms with Crippen LogP contribution in [0.1, 0.15) is 22.3 Å². The minimum Gasteiger partial charge on any atom is -0.399 e. The molecule has 3 heteroatoms. The summed E-state index contributed by atoms with van der Waals surface area (Å²) in [6, 6.07) is 7.49. The van der Waals surface area contributed by atoms with E-state index < -0.39 is 0 Å². The number of nitrogens with two attached hydrogens (primary N) is 1. The Hall–Kier alpha value is -2.03. The summed E-state index contributed by atoms with van der Waals surface area (Å²) in [6.07, 6.45) is 1.75. The molecule has 0 bridgehead atoms. The summed E-state index contributed by atoms with van der Waals surface area (Å²) < 4.78 is 1.68. The van der Waals surface area contributed by atoms with E-state index in [1.54, 1.807) is 16.8 Å². The van der Waals surface area contributed by atoms with Crippen LogP contribution in [-0.2, 0) is 6.54 Å². The van der Waals surface area contributed by atoms with Gasteiger partial charge in [-0.1, -0.05) is 17.7 Å². The molecule has 2 rings (SSSR count). The van der Waals surface area contributed by atoms with E-state index in [0.29, 0.717) is 12.2 Å². The van der Waals surface area contributed by atoms with E-state index in [4.69, 9.17) is 5.73 Å². The second-order valence-electron chi connectivity index (χ2n) is 4.80. The Kier molecular flexibility index (Phi) is 3.24. The molecule has 18 heavy (non-hydrogen) atoms. The molecule has 1 aromatic carbocycles. The first-order chi connectivity index (χ1) is 8.47. The highest BCUT2D eigenvalue weighted by Crippen LogP contribution is 2.17. The first-order valence-corrected chi connectivity index (χ1v) is 6.00. The second-order valence-corrected chi connectivity index (χ2v) is 4.80. The third kappa shape index (κ3) is 2.45. The highest BCUT2D eigenvalue weighted by atomic mass is 16.1. The molecule has 0 aliphatic heterocycles. The first-order valence-electron chi connectivity index (χ1n) is 6.00.